The van der Waals surface area contributed by atoms with Crippen LogP contribution in [0.5, 0.6) is 0 Å². The maximum absolute atomic E-state index is 8.91. The Morgan fingerprint density at radius 1 is 1.12 bits per heavy atom. The highest BCUT2D eigenvalue weighted by atomic mass is 32.1. The van der Waals surface area contributed by atoms with Crippen LogP contribution in [0.2, 0.25) is 0 Å². The third-order valence-electron chi connectivity index (χ3n) is 2.03. The van der Waals surface area contributed by atoms with Gasteiger partial charge >= 0.3 is 0 Å². The SMILES string of the molecule is N#Cc1ccc(-c2nc(N)sc2C#N)cc1. The van der Waals surface area contributed by atoms with E-state index in [0.717, 1.165) is 16.9 Å². The third-order valence-corrected chi connectivity index (χ3v) is 2.82. The van der Waals surface area contributed by atoms with E-state index in [9.17, 15) is 0 Å². The Bertz CT molecular complexity index is 598. The van der Waals surface area contributed by atoms with Crippen molar-refractivity contribution in [2.45, 2.75) is 0 Å². The predicted molar refractivity (Wildman–Crippen MR) is 61.4 cm³/mol. The van der Waals surface area contributed by atoms with Crippen molar-refractivity contribution in [2.75, 3.05) is 5.73 Å². The predicted octanol–water partition coefficient (Wildman–Crippen LogP) is 2.14. The number of thiazole rings is 1. The van der Waals surface area contributed by atoms with Gasteiger partial charge in [-0.2, -0.15) is 10.5 Å². The van der Waals surface area contributed by atoms with Gasteiger partial charge in [0.1, 0.15) is 16.6 Å². The maximum Gasteiger partial charge on any atom is 0.181 e. The molecule has 76 valence electrons. The molecule has 1 aromatic carbocycles. The van der Waals surface area contributed by atoms with Crippen molar-refractivity contribution in [1.82, 2.24) is 4.98 Å². The van der Waals surface area contributed by atoms with Crippen LogP contribution < -0.4 is 5.73 Å². The molecule has 16 heavy (non-hydrogen) atoms. The molecule has 0 aliphatic carbocycles. The van der Waals surface area contributed by atoms with E-state index in [1.807, 2.05) is 6.07 Å². The highest BCUT2D eigenvalue weighted by Crippen LogP contribution is 2.28. The zero-order valence-electron chi connectivity index (χ0n) is 8.14. The van der Waals surface area contributed by atoms with Gasteiger partial charge in [0, 0.05) is 5.56 Å². The fourth-order valence-corrected chi connectivity index (χ4v) is 1.96. The van der Waals surface area contributed by atoms with Crippen molar-refractivity contribution in [1.29, 1.82) is 10.5 Å². The Morgan fingerprint density at radius 3 is 2.38 bits per heavy atom. The molecule has 2 aromatic rings. The highest BCUT2D eigenvalue weighted by Gasteiger charge is 2.10. The van der Waals surface area contributed by atoms with Crippen molar-refractivity contribution in [2.24, 2.45) is 0 Å². The number of hydrogen-bond donors (Lipinski definition) is 1. The number of nitriles is 2. The number of nitrogens with two attached hydrogens (primary N) is 1. The smallest absolute Gasteiger partial charge is 0.181 e. The minimum atomic E-state index is 0.371. The molecule has 0 fully saturated rings. The number of nitrogen functional groups attached to an aromatic ring is 1. The number of anilines is 1. The van der Waals surface area contributed by atoms with E-state index in [4.69, 9.17) is 16.3 Å². The van der Waals surface area contributed by atoms with E-state index < -0.39 is 0 Å². The highest BCUT2D eigenvalue weighted by molar-refractivity contribution is 7.16. The summed E-state index contributed by atoms with van der Waals surface area (Å²) in [5, 5.41) is 17.9. The number of rotatable bonds is 1. The van der Waals surface area contributed by atoms with E-state index in [0.29, 0.717) is 21.3 Å². The summed E-state index contributed by atoms with van der Waals surface area (Å²) in [4.78, 5) is 4.59. The molecule has 0 amide bonds. The molecule has 0 saturated heterocycles. The molecule has 0 atom stereocenters. The molecule has 0 aliphatic rings. The van der Waals surface area contributed by atoms with Gasteiger partial charge in [0.25, 0.3) is 0 Å². The van der Waals surface area contributed by atoms with Crippen LogP contribution in [0.25, 0.3) is 11.3 Å². The molecule has 4 nitrogen and oxygen atoms in total. The molecule has 0 saturated carbocycles. The normalized spacial score (nSPS) is 9.38. The summed E-state index contributed by atoms with van der Waals surface area (Å²) in [7, 11) is 0. The molecule has 0 bridgehead atoms. The van der Waals surface area contributed by atoms with Crippen molar-refractivity contribution in [3.05, 3.63) is 34.7 Å². The fraction of sp³-hybridized carbons (Fsp3) is 0. The summed E-state index contributed by atoms with van der Waals surface area (Å²) in [5.74, 6) is 0. The van der Waals surface area contributed by atoms with Gasteiger partial charge in [0.15, 0.2) is 5.13 Å². The van der Waals surface area contributed by atoms with E-state index in [1.165, 1.54) is 0 Å². The fourth-order valence-electron chi connectivity index (χ4n) is 1.31. The van der Waals surface area contributed by atoms with Crippen LogP contribution in [0.3, 0.4) is 0 Å². The molecular weight excluding hydrogens is 220 g/mol. The average molecular weight is 226 g/mol. The van der Waals surface area contributed by atoms with Crippen LogP contribution >= 0.6 is 11.3 Å². The van der Waals surface area contributed by atoms with Crippen LogP contribution in [-0.2, 0) is 0 Å². The Kier molecular flexibility index (Phi) is 2.55. The topological polar surface area (TPSA) is 86.5 Å². The molecular formula is C11H6N4S. The molecule has 0 spiro atoms. The lowest BCUT2D eigenvalue weighted by Crippen LogP contribution is -1.84. The molecule has 1 heterocycles. The molecule has 0 radical (unpaired) electrons. The summed E-state index contributed by atoms with van der Waals surface area (Å²) in [5.41, 5.74) is 7.50. The van der Waals surface area contributed by atoms with Gasteiger partial charge in [-0.1, -0.05) is 23.5 Å². The van der Waals surface area contributed by atoms with Gasteiger partial charge < -0.3 is 5.73 Å². The van der Waals surface area contributed by atoms with E-state index in [1.54, 1.807) is 24.3 Å². The standard InChI is InChI=1S/C11H6N4S/c12-5-7-1-3-8(4-2-7)10-9(6-13)16-11(14)15-10/h1-4H,(H2,14,15). The van der Waals surface area contributed by atoms with E-state index in [2.05, 4.69) is 11.1 Å². The van der Waals surface area contributed by atoms with Gasteiger partial charge in [-0.05, 0) is 12.1 Å². The Hall–Kier alpha value is -2.37. The van der Waals surface area contributed by atoms with E-state index >= 15 is 0 Å². The zero-order valence-corrected chi connectivity index (χ0v) is 8.95. The first-order chi connectivity index (χ1) is 7.74. The monoisotopic (exact) mass is 226 g/mol. The second kappa shape index (κ2) is 4.01. The van der Waals surface area contributed by atoms with Crippen molar-refractivity contribution in [3.8, 4) is 23.4 Å². The first-order valence-electron chi connectivity index (χ1n) is 4.41. The lowest BCUT2D eigenvalue weighted by Gasteiger charge is -1.96. The summed E-state index contributed by atoms with van der Waals surface area (Å²) >= 11 is 1.16. The summed E-state index contributed by atoms with van der Waals surface area (Å²) in [6.45, 7) is 0. The summed E-state index contributed by atoms with van der Waals surface area (Å²) in [6.07, 6.45) is 0. The number of benzene rings is 1. The van der Waals surface area contributed by atoms with Crippen LogP contribution in [0.15, 0.2) is 24.3 Å². The van der Waals surface area contributed by atoms with Gasteiger partial charge in [0.05, 0.1) is 11.6 Å². The van der Waals surface area contributed by atoms with Gasteiger partial charge in [0.2, 0.25) is 0 Å². The molecule has 5 heteroatoms. The van der Waals surface area contributed by atoms with Crippen LogP contribution in [0, 0.1) is 22.7 Å². The van der Waals surface area contributed by atoms with Crippen molar-refractivity contribution >= 4 is 16.5 Å². The quantitative estimate of drug-likeness (QED) is 0.806. The Labute approximate surface area is 96.2 Å². The number of hydrogen-bond acceptors (Lipinski definition) is 5. The third kappa shape index (κ3) is 1.72. The van der Waals surface area contributed by atoms with Gasteiger partial charge in [-0.15, -0.1) is 0 Å². The van der Waals surface area contributed by atoms with Gasteiger partial charge in [-0.25, -0.2) is 4.98 Å². The van der Waals surface area contributed by atoms with Crippen LogP contribution in [0.4, 0.5) is 5.13 Å². The second-order valence-corrected chi connectivity index (χ2v) is 4.06. The van der Waals surface area contributed by atoms with Crippen LogP contribution in [0.1, 0.15) is 10.4 Å². The minimum absolute atomic E-state index is 0.371. The maximum atomic E-state index is 8.91. The minimum Gasteiger partial charge on any atom is -0.375 e. The molecule has 2 rings (SSSR count). The summed E-state index contributed by atoms with van der Waals surface area (Å²) < 4.78 is 0. The lowest BCUT2D eigenvalue weighted by molar-refractivity contribution is 1.39. The Morgan fingerprint density at radius 2 is 1.81 bits per heavy atom. The zero-order chi connectivity index (χ0) is 11.5. The molecule has 2 N–H and O–H groups in total. The van der Waals surface area contributed by atoms with E-state index in [-0.39, 0.29) is 0 Å². The van der Waals surface area contributed by atoms with Crippen molar-refractivity contribution in [3.63, 3.8) is 0 Å². The number of aromatic nitrogens is 1. The number of nitrogens with zero attached hydrogens (tertiary/aromatic N) is 3. The first kappa shape index (κ1) is 10.2. The molecule has 0 aliphatic heterocycles. The average Bonchev–Trinajstić information content (AvgIpc) is 2.70. The van der Waals surface area contributed by atoms with Crippen molar-refractivity contribution < 1.29 is 0 Å². The first-order valence-corrected chi connectivity index (χ1v) is 5.23. The molecule has 1 aromatic heterocycles. The molecule has 0 unspecified atom stereocenters. The summed E-state index contributed by atoms with van der Waals surface area (Å²) in [6, 6.07) is 11.0. The Balaban J connectivity index is 2.51. The van der Waals surface area contributed by atoms with Crippen LogP contribution in [-0.4, -0.2) is 4.98 Å². The largest absolute Gasteiger partial charge is 0.375 e. The lowest BCUT2D eigenvalue weighted by atomic mass is 10.1. The second-order valence-electron chi connectivity index (χ2n) is 3.03. The van der Waals surface area contributed by atoms with Gasteiger partial charge in [-0.3, -0.25) is 0 Å².